The van der Waals surface area contributed by atoms with Crippen molar-refractivity contribution in [2.45, 2.75) is 6.42 Å². The van der Waals surface area contributed by atoms with E-state index in [0.29, 0.717) is 19.5 Å². The van der Waals surface area contributed by atoms with Gasteiger partial charge < -0.3 is 5.11 Å². The normalized spacial score (nSPS) is 10.4. The first-order valence-corrected chi connectivity index (χ1v) is 7.85. The lowest BCUT2D eigenvalue weighted by Gasteiger charge is -2.06. The van der Waals surface area contributed by atoms with Gasteiger partial charge in [-0.3, -0.25) is 9.59 Å². The highest BCUT2D eigenvalue weighted by atomic mass is 79.9. The van der Waals surface area contributed by atoms with E-state index in [0.717, 1.165) is 0 Å². The second-order valence-electron chi connectivity index (χ2n) is 4.31. The molecule has 21 heavy (non-hydrogen) atoms. The third kappa shape index (κ3) is 3.93. The minimum Gasteiger partial charge on any atom is -0.506 e. The fraction of sp³-hybridized carbons (Fsp3) is 0.0667. The molecule has 3 nitrogen and oxygen atoms in total. The maximum absolute atomic E-state index is 12.2. The number of rotatable bonds is 4. The zero-order valence-electron chi connectivity index (χ0n) is 10.6. The number of hydrogen-bond acceptors (Lipinski definition) is 3. The molecule has 0 bridgehead atoms. The van der Waals surface area contributed by atoms with Crippen LogP contribution in [0.4, 0.5) is 0 Å². The predicted octanol–water partition coefficient (Wildman–Crippen LogP) is 5.03. The molecule has 1 N–H and O–H groups in total. The fourth-order valence-electron chi connectivity index (χ4n) is 1.76. The van der Waals surface area contributed by atoms with Gasteiger partial charge in [-0.05, 0) is 52.3 Å². The first-order valence-electron chi connectivity index (χ1n) is 5.88. The quantitative estimate of drug-likeness (QED) is 0.545. The Labute approximate surface area is 143 Å². The van der Waals surface area contributed by atoms with Crippen LogP contribution in [0.2, 0.25) is 5.02 Å². The number of carbonyl (C=O) groups excluding carboxylic acids is 2. The number of ketones is 2. The number of carbonyl (C=O) groups is 2. The molecule has 6 heteroatoms. The first kappa shape index (κ1) is 16.2. The Bertz CT molecular complexity index is 712. The maximum atomic E-state index is 12.2. The van der Waals surface area contributed by atoms with Crippen molar-refractivity contribution < 1.29 is 14.7 Å². The Kier molecular flexibility index (Phi) is 5.19. The molecule has 0 spiro atoms. The highest BCUT2D eigenvalue weighted by Gasteiger charge is 2.18. The summed E-state index contributed by atoms with van der Waals surface area (Å²) in [5.41, 5.74) is 0.500. The lowest BCUT2D eigenvalue weighted by molar-refractivity contribution is 0.0893. The van der Waals surface area contributed by atoms with E-state index in [2.05, 4.69) is 31.9 Å². The van der Waals surface area contributed by atoms with E-state index in [1.165, 1.54) is 6.07 Å². The number of aromatic hydroxyl groups is 1. The second-order valence-corrected chi connectivity index (χ2v) is 6.52. The zero-order chi connectivity index (χ0) is 15.6. The van der Waals surface area contributed by atoms with Gasteiger partial charge in [0, 0.05) is 15.1 Å². The summed E-state index contributed by atoms with van der Waals surface area (Å²) in [6.45, 7) is 0. The summed E-state index contributed by atoms with van der Waals surface area (Å²) in [5, 5.41) is 10.4. The molecule has 0 amide bonds. The smallest absolute Gasteiger partial charge is 0.174 e. The van der Waals surface area contributed by atoms with Crippen molar-refractivity contribution in [2.24, 2.45) is 0 Å². The lowest BCUT2D eigenvalue weighted by Crippen LogP contribution is -2.09. The van der Waals surface area contributed by atoms with E-state index >= 15 is 0 Å². The molecule has 2 rings (SSSR count). The Morgan fingerprint density at radius 2 is 1.67 bits per heavy atom. The molecule has 0 saturated carbocycles. The van der Waals surface area contributed by atoms with Crippen LogP contribution in [0.1, 0.15) is 27.1 Å². The van der Waals surface area contributed by atoms with Crippen LogP contribution in [0, 0.1) is 0 Å². The topological polar surface area (TPSA) is 54.4 Å². The largest absolute Gasteiger partial charge is 0.506 e. The van der Waals surface area contributed by atoms with E-state index < -0.39 is 5.78 Å². The molecule has 0 atom stereocenters. The van der Waals surface area contributed by atoms with Crippen molar-refractivity contribution in [3.05, 3.63) is 61.5 Å². The summed E-state index contributed by atoms with van der Waals surface area (Å²) in [7, 11) is 0. The molecule has 0 saturated heterocycles. The van der Waals surface area contributed by atoms with Crippen molar-refractivity contribution >= 4 is 55.0 Å². The Hall–Kier alpha value is -1.17. The maximum Gasteiger partial charge on any atom is 0.174 e. The Morgan fingerprint density at radius 1 is 1.05 bits per heavy atom. The average molecular weight is 432 g/mol. The van der Waals surface area contributed by atoms with Gasteiger partial charge in [-0.25, -0.2) is 0 Å². The second kappa shape index (κ2) is 6.73. The van der Waals surface area contributed by atoms with Crippen LogP contribution in [0.5, 0.6) is 5.75 Å². The van der Waals surface area contributed by atoms with Crippen LogP contribution in [0.15, 0.2) is 45.3 Å². The molecular weight excluding hydrogens is 423 g/mol. The number of halogens is 3. The molecule has 2 aromatic carbocycles. The van der Waals surface area contributed by atoms with Crippen LogP contribution in [-0.4, -0.2) is 16.7 Å². The third-order valence-electron chi connectivity index (χ3n) is 2.82. The summed E-state index contributed by atoms with van der Waals surface area (Å²) in [6, 6.07) is 9.41. The molecule has 0 aliphatic rings. The summed E-state index contributed by atoms with van der Waals surface area (Å²) in [5.74, 6) is -0.950. The molecule has 0 aromatic heterocycles. The van der Waals surface area contributed by atoms with Gasteiger partial charge in [-0.1, -0.05) is 27.5 Å². The fourth-order valence-corrected chi connectivity index (χ4v) is 3.11. The molecule has 0 aliphatic heterocycles. The van der Waals surface area contributed by atoms with Gasteiger partial charge >= 0.3 is 0 Å². The van der Waals surface area contributed by atoms with Gasteiger partial charge in [0.15, 0.2) is 11.6 Å². The molecule has 0 fully saturated rings. The Morgan fingerprint density at radius 3 is 2.29 bits per heavy atom. The van der Waals surface area contributed by atoms with Gasteiger partial charge in [0.2, 0.25) is 0 Å². The van der Waals surface area contributed by atoms with Crippen LogP contribution in [0.3, 0.4) is 0 Å². The zero-order valence-corrected chi connectivity index (χ0v) is 14.5. The van der Waals surface area contributed by atoms with E-state index in [4.69, 9.17) is 11.6 Å². The van der Waals surface area contributed by atoms with Crippen molar-refractivity contribution in [1.82, 2.24) is 0 Å². The molecule has 108 valence electrons. The molecule has 0 unspecified atom stereocenters. The SMILES string of the molecule is O=C(CC(=O)c1cc(Br)cc(Br)c1O)c1ccc(Cl)cc1. The Balaban J connectivity index is 2.22. The lowest BCUT2D eigenvalue weighted by atomic mass is 10.0. The van der Waals surface area contributed by atoms with Crippen LogP contribution >= 0.6 is 43.5 Å². The molecule has 0 aliphatic carbocycles. The van der Waals surface area contributed by atoms with Crippen molar-refractivity contribution in [2.75, 3.05) is 0 Å². The van der Waals surface area contributed by atoms with Gasteiger partial charge in [0.25, 0.3) is 0 Å². The number of hydrogen-bond donors (Lipinski definition) is 1. The molecular formula is C15H9Br2ClO3. The predicted molar refractivity (Wildman–Crippen MR) is 88.2 cm³/mol. The van der Waals surface area contributed by atoms with Crippen molar-refractivity contribution in [3.63, 3.8) is 0 Å². The summed E-state index contributed by atoms with van der Waals surface area (Å²) < 4.78 is 1.02. The van der Waals surface area contributed by atoms with E-state index in [1.807, 2.05) is 0 Å². The standard InChI is InChI=1S/C15H9Br2ClO3/c16-9-5-11(15(21)12(17)6-9)14(20)7-13(19)8-1-3-10(18)4-2-8/h1-6,21H,7H2. The number of benzene rings is 2. The van der Waals surface area contributed by atoms with E-state index in [9.17, 15) is 14.7 Å². The highest BCUT2D eigenvalue weighted by molar-refractivity contribution is 9.11. The number of Topliss-reactive ketones (excluding diaryl/α,β-unsaturated/α-hetero) is 2. The number of phenolic OH excluding ortho intramolecular Hbond substituents is 1. The summed E-state index contributed by atoms with van der Waals surface area (Å²) in [6.07, 6.45) is -0.321. The van der Waals surface area contributed by atoms with Gasteiger partial charge in [-0.2, -0.15) is 0 Å². The summed E-state index contributed by atoms with van der Waals surface area (Å²) in [4.78, 5) is 24.2. The molecule has 2 aromatic rings. The average Bonchev–Trinajstić information content (AvgIpc) is 2.43. The van der Waals surface area contributed by atoms with Gasteiger partial charge in [0.1, 0.15) is 5.75 Å². The first-order chi connectivity index (χ1) is 9.88. The number of phenols is 1. The van der Waals surface area contributed by atoms with Gasteiger partial charge in [0.05, 0.1) is 16.5 Å². The van der Waals surface area contributed by atoms with Crippen LogP contribution < -0.4 is 0 Å². The van der Waals surface area contributed by atoms with E-state index in [-0.39, 0.29) is 23.5 Å². The van der Waals surface area contributed by atoms with Crippen molar-refractivity contribution in [1.29, 1.82) is 0 Å². The minimum atomic E-state index is -0.450. The van der Waals surface area contributed by atoms with Crippen LogP contribution in [0.25, 0.3) is 0 Å². The van der Waals surface area contributed by atoms with E-state index in [1.54, 1.807) is 30.3 Å². The monoisotopic (exact) mass is 430 g/mol. The highest BCUT2D eigenvalue weighted by Crippen LogP contribution is 2.32. The molecule has 0 heterocycles. The summed E-state index contributed by atoms with van der Waals surface area (Å²) >= 11 is 12.1. The van der Waals surface area contributed by atoms with Crippen LogP contribution in [-0.2, 0) is 0 Å². The van der Waals surface area contributed by atoms with Gasteiger partial charge in [-0.15, -0.1) is 0 Å². The third-order valence-corrected chi connectivity index (χ3v) is 4.13. The van der Waals surface area contributed by atoms with Crippen molar-refractivity contribution in [3.8, 4) is 5.75 Å². The minimum absolute atomic E-state index is 0.0959. The molecule has 0 radical (unpaired) electrons.